The van der Waals surface area contributed by atoms with Gasteiger partial charge in [-0.1, -0.05) is 27.3 Å². The lowest BCUT2D eigenvalue weighted by atomic mass is 10.5. The van der Waals surface area contributed by atoms with Gasteiger partial charge < -0.3 is 36.5 Å². The first kappa shape index (κ1) is 96.8. The van der Waals surface area contributed by atoms with Crippen molar-refractivity contribution >= 4 is 53.3 Å². The van der Waals surface area contributed by atoms with Crippen LogP contribution in [0.15, 0.2) is 0 Å². The van der Waals surface area contributed by atoms with Crippen molar-refractivity contribution in [1.29, 1.82) is 0 Å². The smallest absolute Gasteiger partial charge is 0.407 e. The fourth-order valence-electron chi connectivity index (χ4n) is 0.139. The van der Waals surface area contributed by atoms with E-state index in [0.29, 0.717) is 0 Å². The molecular formula is C19H48O28. The summed E-state index contributed by atoms with van der Waals surface area (Å²) < 4.78 is 0. The summed E-state index contributed by atoms with van der Waals surface area (Å²) in [6.07, 6.45) is 0.250. The Morgan fingerprint density at radius 3 is 0.745 bits per heavy atom. The molecule has 0 rings (SSSR count). The molecule has 0 aromatic carbocycles. The SMILES string of the molecule is C.C.C.CC(=O)C(=O)O.CC(=O)C(=O)O.CC(=O)C(=O)OO.CC(=O)O.CC(=O)O.O.O.O=C=O.OCCOOO.OO.OO.OO. The van der Waals surface area contributed by atoms with Crippen LogP contribution in [0.4, 0.5) is 0 Å². The largest absolute Gasteiger partial charge is 0.481 e. The topological polar surface area (TPSA) is 524 Å². The van der Waals surface area contributed by atoms with Gasteiger partial charge >= 0.3 is 24.1 Å². The number of hydrogen-bond donors (Lipinski definition) is 13. The average molecular weight is 725 g/mol. The Morgan fingerprint density at radius 2 is 0.723 bits per heavy atom. The molecule has 0 aromatic heterocycles. The highest BCUT2D eigenvalue weighted by Gasteiger charge is 2.06. The zero-order valence-corrected chi connectivity index (χ0v) is 23.0. The molecule has 0 aromatic rings. The van der Waals surface area contributed by atoms with Crippen LogP contribution < -0.4 is 0 Å². The van der Waals surface area contributed by atoms with Crippen LogP contribution in [0, 0.1) is 0 Å². The van der Waals surface area contributed by atoms with Gasteiger partial charge in [0.2, 0.25) is 17.3 Å². The lowest BCUT2D eigenvalue weighted by Crippen LogP contribution is -2.10. The van der Waals surface area contributed by atoms with E-state index in [2.05, 4.69) is 14.8 Å². The molecular weight excluding hydrogens is 676 g/mol. The van der Waals surface area contributed by atoms with E-state index in [1.807, 2.05) is 0 Å². The Balaban J connectivity index is -0.0000000189. The minimum Gasteiger partial charge on any atom is -0.481 e. The van der Waals surface area contributed by atoms with E-state index in [1.54, 1.807) is 0 Å². The molecule has 0 amide bonds. The van der Waals surface area contributed by atoms with Crippen molar-refractivity contribution in [3.8, 4) is 0 Å². The Bertz CT molecular complexity index is 626. The molecule has 0 spiro atoms. The molecule has 47 heavy (non-hydrogen) atoms. The number of aliphatic hydroxyl groups is 1. The predicted molar refractivity (Wildman–Crippen MR) is 148 cm³/mol. The van der Waals surface area contributed by atoms with Gasteiger partial charge in [0.1, 0.15) is 6.61 Å². The van der Waals surface area contributed by atoms with Crippen molar-refractivity contribution < 1.29 is 141 Å². The van der Waals surface area contributed by atoms with Gasteiger partial charge in [0, 0.05) is 34.6 Å². The molecule has 0 aliphatic carbocycles. The highest BCUT2D eigenvalue weighted by atomic mass is 17.5. The van der Waals surface area contributed by atoms with Crippen LogP contribution in [0.1, 0.15) is 56.9 Å². The van der Waals surface area contributed by atoms with E-state index in [1.165, 1.54) is 0 Å². The standard InChI is InChI=1S/C3H4O4.2C3H4O3.C2H6O4.2C2H4O2.CO2.3CH4.3H2O2.2H2O/c1-2(4)3(5)7-6;2*1-2(4)3(5)6;3-1-2-5-6-4;2*1-2(3)4;2-1-3;;;;3*1-2;;/h6H,1H3;2*1H3,(H,5,6);3-4H,1-2H2;2*1H3,(H,3,4);;3*1H4;3*1-2H;2*1H2. The molecule has 0 atom stereocenters. The monoisotopic (exact) mass is 724 g/mol. The fourth-order valence-corrected chi connectivity index (χ4v) is 0.139. The Kier molecular flexibility index (Phi) is 216. The third-order valence-corrected chi connectivity index (χ3v) is 1.20. The van der Waals surface area contributed by atoms with Crippen LogP contribution in [-0.2, 0) is 62.8 Å². The van der Waals surface area contributed by atoms with Crippen LogP contribution >= 0.6 is 0 Å². The molecule has 28 nitrogen and oxygen atoms in total. The highest BCUT2D eigenvalue weighted by molar-refractivity contribution is 6.32. The third kappa shape index (κ3) is 425. The Hall–Kier alpha value is -4.78. The number of rotatable bonds is 6. The minimum absolute atomic E-state index is 0. The summed E-state index contributed by atoms with van der Waals surface area (Å²) in [5.74, 6) is -8.13. The van der Waals surface area contributed by atoms with E-state index >= 15 is 0 Å². The summed E-state index contributed by atoms with van der Waals surface area (Å²) in [7, 11) is 0. The predicted octanol–water partition coefficient (Wildman–Crippen LogP) is -1.78. The van der Waals surface area contributed by atoms with Gasteiger partial charge in [0.15, 0.2) is 0 Å². The van der Waals surface area contributed by atoms with Gasteiger partial charge in [-0.3, -0.25) is 60.4 Å². The number of hydrogen-bond acceptors (Lipinski definition) is 22. The number of carbonyl (C=O) groups excluding carboxylic acids is 6. The number of Topliss-reactive ketones (excluding diaryl/α,β-unsaturated/α-hetero) is 3. The van der Waals surface area contributed by atoms with Crippen LogP contribution in [0.2, 0.25) is 0 Å². The lowest BCUT2D eigenvalue weighted by molar-refractivity contribution is -0.491. The molecule has 0 saturated heterocycles. The van der Waals surface area contributed by atoms with Gasteiger partial charge in [0.25, 0.3) is 11.9 Å². The zero-order valence-electron chi connectivity index (χ0n) is 23.0. The van der Waals surface area contributed by atoms with Crippen molar-refractivity contribution in [3.05, 3.63) is 0 Å². The highest BCUT2D eigenvalue weighted by Crippen LogP contribution is 1.71. The number of carboxylic acid groups (broad SMARTS) is 4. The van der Waals surface area contributed by atoms with Crippen LogP contribution in [-0.4, -0.2) is 145 Å². The number of carbonyl (C=O) groups is 8. The maximum atomic E-state index is 9.74. The van der Waals surface area contributed by atoms with Crippen LogP contribution in [0.3, 0.4) is 0 Å². The van der Waals surface area contributed by atoms with Gasteiger partial charge in [-0.15, -0.1) is 0 Å². The molecule has 0 fully saturated rings. The average Bonchev–Trinajstić information content (AvgIpc) is 2.91. The summed E-state index contributed by atoms with van der Waals surface area (Å²) >= 11 is 0. The van der Waals surface area contributed by atoms with Crippen LogP contribution in [0.25, 0.3) is 0 Å². The second-order valence-corrected chi connectivity index (χ2v) is 4.40. The van der Waals surface area contributed by atoms with Gasteiger partial charge in [-0.2, -0.15) is 14.8 Å². The number of aliphatic hydroxyl groups excluding tert-OH is 1. The van der Waals surface area contributed by atoms with Crippen molar-refractivity contribution in [2.45, 2.75) is 56.9 Å². The van der Waals surface area contributed by atoms with E-state index in [9.17, 15) is 28.8 Å². The molecule has 28 heteroatoms. The van der Waals surface area contributed by atoms with E-state index < -0.39 is 47.2 Å². The first-order valence-electron chi connectivity index (χ1n) is 8.63. The molecule has 0 saturated carbocycles. The van der Waals surface area contributed by atoms with E-state index in [-0.39, 0.29) is 52.6 Å². The van der Waals surface area contributed by atoms with E-state index in [0.717, 1.165) is 34.6 Å². The summed E-state index contributed by atoms with van der Waals surface area (Å²) in [5, 5.41) is 91.9. The number of ketones is 3. The minimum atomic E-state index is -1.38. The summed E-state index contributed by atoms with van der Waals surface area (Å²) in [5.41, 5.74) is 0. The third-order valence-electron chi connectivity index (χ3n) is 1.20. The Labute approximate surface area is 265 Å². The van der Waals surface area contributed by atoms with Crippen molar-refractivity contribution in [2.24, 2.45) is 0 Å². The molecule has 17 N–H and O–H groups in total. The van der Waals surface area contributed by atoms with Crippen molar-refractivity contribution in [2.75, 3.05) is 13.2 Å². The van der Waals surface area contributed by atoms with Gasteiger partial charge in [-0.25, -0.2) is 24.5 Å². The normalized spacial score (nSPS) is 5.83. The first-order chi connectivity index (χ1) is 19.3. The maximum absolute atomic E-state index is 9.74. The first-order valence-corrected chi connectivity index (χ1v) is 8.63. The second kappa shape index (κ2) is 105. The summed E-state index contributed by atoms with van der Waals surface area (Å²) in [6, 6.07) is 0. The summed E-state index contributed by atoms with van der Waals surface area (Å²) in [4.78, 5) is 98.3. The van der Waals surface area contributed by atoms with Crippen molar-refractivity contribution in [3.63, 3.8) is 0 Å². The molecule has 0 aliphatic rings. The second-order valence-electron chi connectivity index (χ2n) is 4.40. The van der Waals surface area contributed by atoms with Crippen molar-refractivity contribution in [1.82, 2.24) is 0 Å². The maximum Gasteiger partial charge on any atom is 0.407 e. The molecule has 0 heterocycles. The van der Waals surface area contributed by atoms with Crippen LogP contribution in [0.5, 0.6) is 0 Å². The number of carboxylic acids is 4. The van der Waals surface area contributed by atoms with E-state index in [4.69, 9.17) is 86.8 Å². The quantitative estimate of drug-likeness (QED) is 0.0623. The van der Waals surface area contributed by atoms with Gasteiger partial charge in [-0.05, 0) is 0 Å². The molecule has 0 unspecified atom stereocenters. The Morgan fingerprint density at radius 1 is 0.553 bits per heavy atom. The lowest BCUT2D eigenvalue weighted by Gasteiger charge is -1.87. The molecule has 0 aliphatic heterocycles. The molecule has 0 radical (unpaired) electrons. The zero-order chi connectivity index (χ0) is 36.9. The molecule has 0 bridgehead atoms. The molecule has 292 valence electrons. The van der Waals surface area contributed by atoms with Gasteiger partial charge in [0.05, 0.1) is 6.61 Å². The summed E-state index contributed by atoms with van der Waals surface area (Å²) in [6.45, 7) is 5.01. The number of aliphatic carboxylic acids is 4. The fraction of sp³-hybridized carbons (Fsp3) is 0.526.